The van der Waals surface area contributed by atoms with Crippen LogP contribution in [-0.2, 0) is 38.2 Å². The number of amides is 3. The zero-order valence-corrected chi connectivity index (χ0v) is 28.7. The summed E-state index contributed by atoms with van der Waals surface area (Å²) < 4.78 is 14.3. The third kappa shape index (κ3) is 10.4. The number of rotatable bonds is 18. The summed E-state index contributed by atoms with van der Waals surface area (Å²) in [7, 11) is -4.24. The molecule has 3 amide bonds. The van der Waals surface area contributed by atoms with Crippen LogP contribution in [0.4, 0.5) is 5.69 Å². The number of para-hydroxylation sites is 2. The van der Waals surface area contributed by atoms with Crippen LogP contribution >= 0.6 is 7.37 Å². The first kappa shape index (κ1) is 36.1. The van der Waals surface area contributed by atoms with Crippen LogP contribution in [0.2, 0.25) is 0 Å². The van der Waals surface area contributed by atoms with Gasteiger partial charge in [-0.05, 0) is 54.2 Å². The molecule has 50 heavy (non-hydrogen) atoms. The normalized spacial score (nSPS) is 14.2. The minimum Gasteiger partial charge on any atom is -0.376 e. The number of hydrogen-bond acceptors (Lipinski definition) is 5. The van der Waals surface area contributed by atoms with E-state index in [1.807, 2.05) is 115 Å². The van der Waals surface area contributed by atoms with E-state index in [2.05, 4.69) is 20.9 Å². The molecule has 1 aromatic heterocycles. The molecule has 4 unspecified atom stereocenters. The molecule has 4 aromatic carbocycles. The number of carbonyl (C=O) groups is 3. The summed E-state index contributed by atoms with van der Waals surface area (Å²) in [4.78, 5) is 54.6. The van der Waals surface area contributed by atoms with Gasteiger partial charge in [-0.1, -0.05) is 97.1 Å². The van der Waals surface area contributed by atoms with E-state index < -0.39 is 49.0 Å². The van der Waals surface area contributed by atoms with E-state index in [1.165, 1.54) is 0 Å². The molecule has 1 heterocycles. The van der Waals surface area contributed by atoms with Crippen LogP contribution in [-0.4, -0.2) is 52.1 Å². The summed E-state index contributed by atoms with van der Waals surface area (Å²) in [6.07, 6.45) is 3.14. The van der Waals surface area contributed by atoms with Crippen molar-refractivity contribution in [3.8, 4) is 0 Å². The zero-order valence-electron chi connectivity index (χ0n) is 27.8. The fourth-order valence-corrected chi connectivity index (χ4v) is 8.16. The molecule has 0 aliphatic rings. The van der Waals surface area contributed by atoms with Crippen LogP contribution < -0.4 is 21.7 Å². The number of hydrogen-bond donors (Lipinski definition) is 6. The smallest absolute Gasteiger partial charge is 0.240 e. The van der Waals surface area contributed by atoms with Crippen LogP contribution in [0.1, 0.15) is 29.5 Å². The molecule has 0 saturated heterocycles. The second kappa shape index (κ2) is 17.5. The molecule has 10 nitrogen and oxygen atoms in total. The number of aromatic amines is 1. The highest BCUT2D eigenvalue weighted by Crippen LogP contribution is 2.49. The standard InChI is InChI=1S/C39H44N5O5P/c40-38(46)35(24-31-25-42-34-22-11-10-21-33(31)34)43-39(47)30(18-12-17-28-13-4-1-5-14-28)27-50(48,49)37(23-29-15-6-2-7-16-29)44-36(45)26-41-32-19-8-3-9-20-32/h1-11,13-16,19-22,25,30,35,37,41-42H,12,17-18,23-24,26-27H2,(H2,40,46)(H,43,47)(H,44,45)(H,48,49). The van der Waals surface area contributed by atoms with Crippen molar-refractivity contribution in [1.82, 2.24) is 15.6 Å². The van der Waals surface area contributed by atoms with Crippen LogP contribution in [0.5, 0.6) is 0 Å². The maximum Gasteiger partial charge on any atom is 0.240 e. The van der Waals surface area contributed by atoms with Crippen molar-refractivity contribution >= 4 is 41.7 Å². The minimum atomic E-state index is -4.24. The highest BCUT2D eigenvalue weighted by molar-refractivity contribution is 7.58. The molecule has 0 bridgehead atoms. The molecular formula is C39H44N5O5P. The van der Waals surface area contributed by atoms with Crippen molar-refractivity contribution in [1.29, 1.82) is 0 Å². The summed E-state index contributed by atoms with van der Waals surface area (Å²) in [5.74, 6) is -3.79. The van der Waals surface area contributed by atoms with Gasteiger partial charge in [0.05, 0.1) is 6.54 Å². The van der Waals surface area contributed by atoms with Crippen molar-refractivity contribution in [2.75, 3.05) is 18.0 Å². The number of aryl methyl sites for hydroxylation is 1. The number of H-pyrrole nitrogens is 1. The third-order valence-electron chi connectivity index (χ3n) is 8.79. The van der Waals surface area contributed by atoms with Gasteiger partial charge in [0, 0.05) is 47.7 Å². The Bertz CT molecular complexity index is 1900. The molecule has 0 spiro atoms. The van der Waals surface area contributed by atoms with Crippen molar-refractivity contribution < 1.29 is 23.8 Å². The predicted molar refractivity (Wildman–Crippen MR) is 198 cm³/mol. The van der Waals surface area contributed by atoms with Gasteiger partial charge < -0.3 is 31.6 Å². The third-order valence-corrected chi connectivity index (χ3v) is 11.0. The quantitative estimate of drug-likeness (QED) is 0.0674. The van der Waals surface area contributed by atoms with Crippen LogP contribution in [0, 0.1) is 5.92 Å². The van der Waals surface area contributed by atoms with Gasteiger partial charge in [-0.3, -0.25) is 18.9 Å². The van der Waals surface area contributed by atoms with Gasteiger partial charge in [-0.25, -0.2) is 0 Å². The molecular weight excluding hydrogens is 649 g/mol. The zero-order chi connectivity index (χ0) is 35.3. The van der Waals surface area contributed by atoms with Crippen molar-refractivity contribution in [3.05, 3.63) is 138 Å². The van der Waals surface area contributed by atoms with E-state index in [9.17, 15) is 23.8 Å². The van der Waals surface area contributed by atoms with Gasteiger partial charge in [0.25, 0.3) is 0 Å². The van der Waals surface area contributed by atoms with Gasteiger partial charge in [0.1, 0.15) is 11.8 Å². The first-order valence-electron chi connectivity index (χ1n) is 16.8. The minimum absolute atomic E-state index is 0.0918. The Morgan fingerprint density at radius 3 is 2.08 bits per heavy atom. The fourth-order valence-electron chi connectivity index (χ4n) is 6.09. The summed E-state index contributed by atoms with van der Waals surface area (Å²) in [6, 6.07) is 34.7. The predicted octanol–water partition coefficient (Wildman–Crippen LogP) is 5.39. The highest BCUT2D eigenvalue weighted by Gasteiger charge is 2.38. The van der Waals surface area contributed by atoms with E-state index in [4.69, 9.17) is 5.73 Å². The lowest BCUT2D eigenvalue weighted by Gasteiger charge is -2.28. The SMILES string of the molecule is NC(=O)C(Cc1c[nH]c2ccccc12)NC(=O)C(CCCc1ccccc1)CP(=O)(O)C(Cc1ccccc1)NC(=O)CNc1ccccc1. The van der Waals surface area contributed by atoms with Crippen LogP contribution in [0.25, 0.3) is 10.9 Å². The van der Waals surface area contributed by atoms with E-state index in [1.54, 1.807) is 6.20 Å². The van der Waals surface area contributed by atoms with Gasteiger partial charge in [-0.15, -0.1) is 0 Å². The molecule has 0 aliphatic carbocycles. The molecule has 11 heteroatoms. The first-order valence-corrected chi connectivity index (χ1v) is 18.7. The van der Waals surface area contributed by atoms with Gasteiger partial charge in [-0.2, -0.15) is 0 Å². The number of benzene rings is 4. The number of anilines is 1. The molecule has 0 aliphatic heterocycles. The Morgan fingerprint density at radius 1 is 0.780 bits per heavy atom. The monoisotopic (exact) mass is 693 g/mol. The molecule has 260 valence electrons. The largest absolute Gasteiger partial charge is 0.376 e. The summed E-state index contributed by atoms with van der Waals surface area (Å²) in [5.41, 5.74) is 10.1. The molecule has 4 atom stereocenters. The summed E-state index contributed by atoms with van der Waals surface area (Å²) >= 11 is 0. The second-order valence-electron chi connectivity index (χ2n) is 12.5. The molecule has 0 radical (unpaired) electrons. The Hall–Kier alpha value is -5.18. The maximum absolute atomic E-state index is 14.3. The lowest BCUT2D eigenvalue weighted by atomic mass is 9.98. The molecule has 0 saturated carbocycles. The number of fused-ring (bicyclic) bond motifs is 1. The van der Waals surface area contributed by atoms with Crippen LogP contribution in [0.15, 0.2) is 121 Å². The number of nitrogens with two attached hydrogens (primary N) is 1. The average Bonchev–Trinajstić information content (AvgIpc) is 3.53. The van der Waals surface area contributed by atoms with Gasteiger partial charge in [0.2, 0.25) is 25.1 Å². The molecule has 0 fully saturated rings. The van der Waals surface area contributed by atoms with Crippen molar-refractivity contribution in [2.24, 2.45) is 11.7 Å². The lowest BCUT2D eigenvalue weighted by Crippen LogP contribution is -2.49. The number of carbonyl (C=O) groups excluding carboxylic acids is 3. The van der Waals surface area contributed by atoms with Gasteiger partial charge in [0.15, 0.2) is 0 Å². The Morgan fingerprint density at radius 2 is 1.40 bits per heavy atom. The van der Waals surface area contributed by atoms with E-state index >= 15 is 0 Å². The van der Waals surface area contributed by atoms with Crippen molar-refractivity contribution in [2.45, 2.75) is 43.9 Å². The first-order chi connectivity index (χ1) is 24.2. The number of nitrogens with one attached hydrogen (secondary N) is 4. The number of primary amides is 1. The Balaban J connectivity index is 1.35. The maximum atomic E-state index is 14.3. The van der Waals surface area contributed by atoms with E-state index in [-0.39, 0.29) is 25.8 Å². The van der Waals surface area contributed by atoms with Crippen LogP contribution in [0.3, 0.4) is 0 Å². The van der Waals surface area contributed by atoms with Crippen molar-refractivity contribution in [3.63, 3.8) is 0 Å². The topological polar surface area (TPSA) is 166 Å². The molecule has 5 aromatic rings. The molecule has 7 N–H and O–H groups in total. The Kier molecular flexibility index (Phi) is 12.6. The fraction of sp³-hybridized carbons (Fsp3) is 0.256. The van der Waals surface area contributed by atoms with Gasteiger partial charge >= 0.3 is 0 Å². The summed E-state index contributed by atoms with van der Waals surface area (Å²) in [5, 5.41) is 9.53. The lowest BCUT2D eigenvalue weighted by molar-refractivity contribution is -0.129. The number of aromatic nitrogens is 1. The Labute approximate surface area is 292 Å². The van der Waals surface area contributed by atoms with E-state index in [0.717, 1.165) is 33.3 Å². The second-order valence-corrected chi connectivity index (χ2v) is 15.0. The highest BCUT2D eigenvalue weighted by atomic mass is 31.2. The average molecular weight is 694 g/mol. The summed E-state index contributed by atoms with van der Waals surface area (Å²) in [6.45, 7) is -0.107. The molecule has 5 rings (SSSR count). The van der Waals surface area contributed by atoms with E-state index in [0.29, 0.717) is 12.8 Å².